The molecule has 2 aromatic heterocycles. The molecule has 270 valence electrons. The Labute approximate surface area is 294 Å². The number of aryl methyl sites for hydroxylation is 2. The molecule has 0 spiro atoms. The molecule has 0 saturated heterocycles. The van der Waals surface area contributed by atoms with Crippen LogP contribution in [-0.4, -0.2) is 25.2 Å². The Morgan fingerprint density at radius 1 is 0.458 bits per heavy atom. The van der Waals surface area contributed by atoms with Crippen LogP contribution in [0.4, 0.5) is 0 Å². The van der Waals surface area contributed by atoms with Gasteiger partial charge in [-0.3, -0.25) is 0 Å². The predicted molar refractivity (Wildman–Crippen MR) is 196 cm³/mol. The van der Waals surface area contributed by atoms with Crippen LogP contribution in [0, 0.1) is 0 Å². The summed E-state index contributed by atoms with van der Waals surface area (Å²) in [7, 11) is 0. The SMILES string of the molecule is CCCCCCCCCCCCCC[n+]1cccc(C(=O)OCCOC(=O)c2ccc[n+](CCCCCCCCCCCCCC)c2)c1. The van der Waals surface area contributed by atoms with E-state index in [2.05, 4.69) is 23.0 Å². The van der Waals surface area contributed by atoms with Crippen LogP contribution in [0.5, 0.6) is 0 Å². The first kappa shape index (κ1) is 41.4. The van der Waals surface area contributed by atoms with Gasteiger partial charge in [-0.05, 0) is 25.0 Å². The molecule has 0 N–H and O–H groups in total. The van der Waals surface area contributed by atoms with Crippen molar-refractivity contribution in [2.45, 2.75) is 181 Å². The van der Waals surface area contributed by atoms with Crippen molar-refractivity contribution in [1.82, 2.24) is 0 Å². The molecule has 0 amide bonds. The molecule has 0 bridgehead atoms. The summed E-state index contributed by atoms with van der Waals surface area (Å²) in [6.45, 7) is 6.39. The maximum Gasteiger partial charge on any atom is 0.344 e. The van der Waals surface area contributed by atoms with Crippen LogP contribution >= 0.6 is 0 Å². The monoisotopic (exact) mass is 667 g/mol. The number of carbonyl (C=O) groups excluding carboxylic acids is 2. The minimum Gasteiger partial charge on any atom is -0.458 e. The van der Waals surface area contributed by atoms with Crippen molar-refractivity contribution in [2.75, 3.05) is 13.2 Å². The van der Waals surface area contributed by atoms with Gasteiger partial charge in [0.25, 0.3) is 0 Å². The second kappa shape index (κ2) is 29.2. The molecule has 0 aliphatic carbocycles. The fraction of sp³-hybridized carbons (Fsp3) is 0.714. The van der Waals surface area contributed by atoms with Gasteiger partial charge in [0, 0.05) is 25.0 Å². The van der Waals surface area contributed by atoms with E-state index in [-0.39, 0.29) is 13.2 Å². The number of hydrogen-bond acceptors (Lipinski definition) is 4. The number of hydrogen-bond donors (Lipinski definition) is 0. The van der Waals surface area contributed by atoms with Gasteiger partial charge in [0.2, 0.25) is 0 Å². The van der Waals surface area contributed by atoms with Crippen molar-refractivity contribution in [3.63, 3.8) is 0 Å². The van der Waals surface area contributed by atoms with Gasteiger partial charge in [0.05, 0.1) is 0 Å². The number of ether oxygens (including phenoxy) is 2. The summed E-state index contributed by atoms with van der Waals surface area (Å²) in [6, 6.07) is 7.32. The number of rotatable bonds is 31. The lowest BCUT2D eigenvalue weighted by Gasteiger charge is -2.06. The number of pyridine rings is 2. The molecule has 0 aliphatic heterocycles. The highest BCUT2D eigenvalue weighted by atomic mass is 16.6. The van der Waals surface area contributed by atoms with E-state index in [1.54, 1.807) is 12.1 Å². The van der Waals surface area contributed by atoms with Crippen molar-refractivity contribution in [2.24, 2.45) is 0 Å². The third-order valence-electron chi connectivity index (χ3n) is 9.28. The van der Waals surface area contributed by atoms with Crippen molar-refractivity contribution in [3.8, 4) is 0 Å². The summed E-state index contributed by atoms with van der Waals surface area (Å²) in [5.74, 6) is -0.787. The molecular formula is C42H70N2O4+2. The maximum absolute atomic E-state index is 12.6. The maximum atomic E-state index is 12.6. The first-order chi connectivity index (χ1) is 23.6. The summed E-state index contributed by atoms with van der Waals surface area (Å²) >= 11 is 0. The average Bonchev–Trinajstić information content (AvgIpc) is 3.11. The van der Waals surface area contributed by atoms with Gasteiger partial charge < -0.3 is 9.47 Å². The Bertz CT molecular complexity index is 1000. The van der Waals surface area contributed by atoms with Gasteiger partial charge in [-0.2, -0.15) is 0 Å². The van der Waals surface area contributed by atoms with Crippen molar-refractivity contribution >= 4 is 11.9 Å². The predicted octanol–water partition coefficient (Wildman–Crippen LogP) is 10.7. The van der Waals surface area contributed by atoms with Crippen LogP contribution in [0.25, 0.3) is 0 Å². The second-order valence-corrected chi connectivity index (χ2v) is 13.7. The standard InChI is InChI=1S/C42H70N2O4/c1-3-5-7-9-11-13-15-17-19-21-23-25-31-43-33-27-29-39(37-43)41(45)47-35-36-48-42(46)40-30-28-34-44(38-40)32-26-24-22-20-18-16-14-12-10-8-6-4-2/h27-30,33-34,37-38H,3-26,31-32,35-36H2,1-2H3/q+2. The van der Waals surface area contributed by atoms with Crippen molar-refractivity contribution in [1.29, 1.82) is 0 Å². The third kappa shape index (κ3) is 21.3. The third-order valence-corrected chi connectivity index (χ3v) is 9.28. The summed E-state index contributed by atoms with van der Waals surface area (Å²) < 4.78 is 14.9. The zero-order valence-corrected chi connectivity index (χ0v) is 30.9. The summed E-state index contributed by atoms with van der Waals surface area (Å²) in [4.78, 5) is 25.2. The molecule has 0 fully saturated rings. The molecule has 0 aliphatic rings. The largest absolute Gasteiger partial charge is 0.458 e. The molecule has 6 nitrogen and oxygen atoms in total. The van der Waals surface area contributed by atoms with Crippen LogP contribution in [0.1, 0.15) is 189 Å². The normalized spacial score (nSPS) is 11.1. The molecule has 2 rings (SSSR count). The summed E-state index contributed by atoms with van der Waals surface area (Å²) in [5.41, 5.74) is 1.04. The van der Waals surface area contributed by atoms with E-state index < -0.39 is 11.9 Å². The highest BCUT2D eigenvalue weighted by Gasteiger charge is 2.15. The van der Waals surface area contributed by atoms with Gasteiger partial charge in [0.15, 0.2) is 24.8 Å². The van der Waals surface area contributed by atoms with Gasteiger partial charge in [-0.25, -0.2) is 18.7 Å². The Balaban J connectivity index is 1.52. The van der Waals surface area contributed by atoms with Gasteiger partial charge in [-0.15, -0.1) is 0 Å². The summed E-state index contributed by atoms with van der Waals surface area (Å²) in [6.07, 6.45) is 39.6. The zero-order chi connectivity index (χ0) is 34.3. The quantitative estimate of drug-likeness (QED) is 0.0456. The Kier molecular flexibility index (Phi) is 25.2. The molecule has 0 aromatic carbocycles. The number of nitrogens with zero attached hydrogens (tertiary/aromatic N) is 2. The topological polar surface area (TPSA) is 60.4 Å². The lowest BCUT2D eigenvalue weighted by Crippen LogP contribution is -2.34. The molecule has 0 atom stereocenters. The zero-order valence-electron chi connectivity index (χ0n) is 30.9. The number of carbonyl (C=O) groups is 2. The highest BCUT2D eigenvalue weighted by molar-refractivity contribution is 5.89. The van der Waals surface area contributed by atoms with E-state index in [9.17, 15) is 9.59 Å². The van der Waals surface area contributed by atoms with E-state index in [0.717, 1.165) is 25.9 Å². The molecule has 0 unspecified atom stereocenters. The molecular weight excluding hydrogens is 596 g/mol. The van der Waals surface area contributed by atoms with Gasteiger partial charge in [-0.1, -0.05) is 142 Å². The number of unbranched alkanes of at least 4 members (excludes halogenated alkanes) is 22. The number of esters is 2. The van der Waals surface area contributed by atoms with Crippen LogP contribution < -0.4 is 9.13 Å². The first-order valence-electron chi connectivity index (χ1n) is 20.0. The minimum atomic E-state index is -0.393. The van der Waals surface area contributed by atoms with E-state index >= 15 is 0 Å². The first-order valence-corrected chi connectivity index (χ1v) is 20.0. The lowest BCUT2D eigenvalue weighted by molar-refractivity contribution is -0.697. The number of aromatic nitrogens is 2. The minimum absolute atomic E-state index is 0.0316. The molecule has 6 heteroatoms. The van der Waals surface area contributed by atoms with Crippen molar-refractivity contribution in [3.05, 3.63) is 60.2 Å². The van der Waals surface area contributed by atoms with Crippen molar-refractivity contribution < 1.29 is 28.2 Å². The van der Waals surface area contributed by atoms with Crippen LogP contribution in [0.15, 0.2) is 49.1 Å². The smallest absolute Gasteiger partial charge is 0.344 e. The average molecular weight is 667 g/mol. The summed E-state index contributed by atoms with van der Waals surface area (Å²) in [5, 5.41) is 0. The molecule has 2 aromatic rings. The van der Waals surface area contributed by atoms with Crippen LogP contribution in [0.3, 0.4) is 0 Å². The fourth-order valence-corrected chi connectivity index (χ4v) is 6.27. The highest BCUT2D eigenvalue weighted by Crippen LogP contribution is 2.13. The van der Waals surface area contributed by atoms with E-state index in [1.807, 2.05) is 36.9 Å². The van der Waals surface area contributed by atoms with Gasteiger partial charge in [0.1, 0.15) is 37.4 Å². The molecule has 48 heavy (non-hydrogen) atoms. The van der Waals surface area contributed by atoms with Crippen LogP contribution in [0.2, 0.25) is 0 Å². The Morgan fingerprint density at radius 3 is 1.06 bits per heavy atom. The molecule has 0 saturated carbocycles. The molecule has 0 radical (unpaired) electrons. The van der Waals surface area contributed by atoms with E-state index in [0.29, 0.717) is 11.1 Å². The fourth-order valence-electron chi connectivity index (χ4n) is 6.27. The Hall–Kier alpha value is -2.76. The van der Waals surface area contributed by atoms with E-state index in [4.69, 9.17) is 9.47 Å². The second-order valence-electron chi connectivity index (χ2n) is 13.7. The lowest BCUT2D eigenvalue weighted by atomic mass is 10.1. The Morgan fingerprint density at radius 2 is 0.750 bits per heavy atom. The van der Waals surface area contributed by atoms with Gasteiger partial charge >= 0.3 is 11.9 Å². The molecule has 2 heterocycles. The van der Waals surface area contributed by atoms with E-state index in [1.165, 1.54) is 141 Å². The van der Waals surface area contributed by atoms with Crippen LogP contribution in [-0.2, 0) is 22.6 Å².